The molecule has 0 radical (unpaired) electrons. The first-order valence-corrected chi connectivity index (χ1v) is 14.1. The Hall–Kier alpha value is -2.74. The zero-order chi connectivity index (χ0) is 29.5. The number of halogens is 6. The van der Waals surface area contributed by atoms with Gasteiger partial charge in [0.05, 0.1) is 4.91 Å². The third kappa shape index (κ3) is 5.69. The molecule has 1 saturated heterocycles. The summed E-state index contributed by atoms with van der Waals surface area (Å²) in [5.74, 6) is 0. The van der Waals surface area contributed by atoms with Crippen molar-refractivity contribution < 1.29 is 39.9 Å². The van der Waals surface area contributed by atoms with Gasteiger partial charge >= 0.3 is 12.4 Å². The topological polar surface area (TPSA) is 60.9 Å². The van der Waals surface area contributed by atoms with Gasteiger partial charge in [0.15, 0.2) is 0 Å². The van der Waals surface area contributed by atoms with Gasteiger partial charge in [0.25, 0.3) is 5.60 Å². The van der Waals surface area contributed by atoms with Gasteiger partial charge in [0.2, 0.25) is 10.0 Å². The van der Waals surface area contributed by atoms with Gasteiger partial charge in [0.1, 0.15) is 0 Å². The Labute approximate surface area is 233 Å². The lowest BCUT2D eigenvalue weighted by atomic mass is 9.92. The third-order valence-electron chi connectivity index (χ3n) is 7.02. The maximum absolute atomic E-state index is 13.5. The summed E-state index contributed by atoms with van der Waals surface area (Å²) in [7, 11) is -3.94. The van der Waals surface area contributed by atoms with Crippen molar-refractivity contribution in [3.8, 4) is 0 Å². The molecular formula is C27H26F6N2O3S2. The molecule has 1 aliphatic carbocycles. The van der Waals surface area contributed by atoms with Crippen LogP contribution < -0.4 is 4.90 Å². The molecule has 2 aliphatic rings. The van der Waals surface area contributed by atoms with Gasteiger partial charge in [-0.2, -0.15) is 30.6 Å². The average molecular weight is 605 g/mol. The Balaban J connectivity index is 1.68. The van der Waals surface area contributed by atoms with E-state index < -0.39 is 39.6 Å². The third-order valence-corrected chi connectivity index (χ3v) is 9.48. The van der Waals surface area contributed by atoms with Crippen LogP contribution in [-0.4, -0.2) is 60.7 Å². The van der Waals surface area contributed by atoms with Crippen LogP contribution in [0.2, 0.25) is 0 Å². The molecule has 0 saturated carbocycles. The number of aryl methyl sites for hydroxylation is 1. The Morgan fingerprint density at radius 3 is 2.23 bits per heavy atom. The van der Waals surface area contributed by atoms with Crippen LogP contribution in [0.4, 0.5) is 32.0 Å². The summed E-state index contributed by atoms with van der Waals surface area (Å²) < 4.78 is 108. The number of thiocarbonyl (C=S) groups is 1. The molecule has 0 amide bonds. The first kappa shape index (κ1) is 30.2. The van der Waals surface area contributed by atoms with E-state index in [0.29, 0.717) is 30.7 Å². The van der Waals surface area contributed by atoms with E-state index in [9.17, 15) is 39.9 Å². The summed E-state index contributed by atoms with van der Waals surface area (Å²) in [5, 5.41) is 9.74. The fraction of sp³-hybridized carbons (Fsp3) is 0.370. The molecule has 1 fully saturated rings. The van der Waals surface area contributed by atoms with E-state index in [0.717, 1.165) is 23.3 Å². The highest BCUT2D eigenvalue weighted by atomic mass is 32.2. The number of benzene rings is 2. The standard InChI is InChI=1S/C27H26F6N2O3S2/c1-18-5-4-6-19(15-18)16-22-17-34(40(37,38)24-8-3-2-7-23(24)39)13-14-35(22)21-11-9-20(10-12-21)25(36,26(28,29)30)27(31,32)33/h2-6,8-12,15,22,36H,7,13-14,16-17H2,1H3/t22-/m0/s1. The first-order valence-electron chi connectivity index (χ1n) is 12.2. The predicted molar refractivity (Wildman–Crippen MR) is 143 cm³/mol. The van der Waals surface area contributed by atoms with Crippen LogP contribution in [0, 0.1) is 6.92 Å². The van der Waals surface area contributed by atoms with Crippen molar-refractivity contribution in [3.05, 3.63) is 88.4 Å². The van der Waals surface area contributed by atoms with Crippen molar-refractivity contribution in [3.63, 3.8) is 0 Å². The number of sulfonamides is 1. The van der Waals surface area contributed by atoms with Gasteiger partial charge in [0, 0.05) is 48.2 Å². The molecule has 1 aliphatic heterocycles. The second kappa shape index (κ2) is 10.9. The number of hydrogen-bond acceptors (Lipinski definition) is 5. The summed E-state index contributed by atoms with van der Waals surface area (Å²) >= 11 is 5.27. The number of rotatable bonds is 6. The zero-order valence-corrected chi connectivity index (χ0v) is 22.8. The van der Waals surface area contributed by atoms with Crippen LogP contribution in [0.1, 0.15) is 23.1 Å². The molecule has 4 rings (SSSR count). The number of piperazine rings is 1. The molecule has 13 heteroatoms. The molecule has 1 atom stereocenters. The number of hydrogen-bond donors (Lipinski definition) is 1. The molecule has 5 nitrogen and oxygen atoms in total. The summed E-state index contributed by atoms with van der Waals surface area (Å²) in [6, 6.07) is 10.4. The molecule has 0 unspecified atom stereocenters. The average Bonchev–Trinajstić information content (AvgIpc) is 2.87. The monoisotopic (exact) mass is 604 g/mol. The molecule has 0 aromatic heterocycles. The number of allylic oxidation sites excluding steroid dienone is 4. The van der Waals surface area contributed by atoms with Crippen molar-refractivity contribution >= 4 is 32.8 Å². The van der Waals surface area contributed by atoms with Crippen molar-refractivity contribution in [2.24, 2.45) is 0 Å². The lowest BCUT2D eigenvalue weighted by molar-refractivity contribution is -0.376. The Kier molecular flexibility index (Phi) is 8.25. The van der Waals surface area contributed by atoms with Crippen molar-refractivity contribution in [2.75, 3.05) is 24.5 Å². The molecule has 0 bridgehead atoms. The van der Waals surface area contributed by atoms with E-state index in [1.54, 1.807) is 17.1 Å². The van der Waals surface area contributed by atoms with Crippen molar-refractivity contribution in [1.82, 2.24) is 4.31 Å². The Bertz CT molecular complexity index is 1420. The molecule has 1 heterocycles. The van der Waals surface area contributed by atoms with Crippen LogP contribution in [0.3, 0.4) is 0 Å². The van der Waals surface area contributed by atoms with Crippen LogP contribution in [-0.2, 0) is 22.0 Å². The molecular weight excluding hydrogens is 578 g/mol. The fourth-order valence-electron chi connectivity index (χ4n) is 4.95. The summed E-state index contributed by atoms with van der Waals surface area (Å²) in [6.45, 7) is 2.04. The number of anilines is 1. The van der Waals surface area contributed by atoms with Gasteiger partial charge in [-0.15, -0.1) is 0 Å². The van der Waals surface area contributed by atoms with Crippen LogP contribution >= 0.6 is 12.2 Å². The van der Waals surface area contributed by atoms with Crippen LogP contribution in [0.5, 0.6) is 0 Å². The van der Waals surface area contributed by atoms with Crippen LogP contribution in [0.15, 0.2) is 71.7 Å². The van der Waals surface area contributed by atoms with Gasteiger partial charge < -0.3 is 10.0 Å². The Morgan fingerprint density at radius 1 is 1.00 bits per heavy atom. The minimum Gasteiger partial charge on any atom is -0.369 e. The SMILES string of the molecule is Cc1cccc(C[C@H]2CN(S(=O)(=O)C3=CC=CCC3=S)CCN2c2ccc(C(O)(C(F)(F)F)C(F)(F)F)cc2)c1. The van der Waals surface area contributed by atoms with E-state index in [2.05, 4.69) is 0 Å². The first-order chi connectivity index (χ1) is 18.6. The van der Waals surface area contributed by atoms with E-state index >= 15 is 0 Å². The van der Waals surface area contributed by atoms with E-state index in [1.807, 2.05) is 31.2 Å². The highest BCUT2D eigenvalue weighted by molar-refractivity contribution is 7.96. The highest BCUT2D eigenvalue weighted by Gasteiger charge is 2.71. The molecule has 2 aromatic carbocycles. The second-order valence-electron chi connectivity index (χ2n) is 9.74. The van der Waals surface area contributed by atoms with E-state index in [-0.39, 0.29) is 29.4 Å². The molecule has 0 spiro atoms. The van der Waals surface area contributed by atoms with E-state index in [4.69, 9.17) is 12.2 Å². The van der Waals surface area contributed by atoms with Crippen LogP contribution in [0.25, 0.3) is 0 Å². The molecule has 216 valence electrons. The fourth-order valence-corrected chi connectivity index (χ4v) is 7.02. The summed E-state index contributed by atoms with van der Waals surface area (Å²) in [6.07, 6.45) is -6.50. The predicted octanol–water partition coefficient (Wildman–Crippen LogP) is 5.58. The normalized spacial score (nSPS) is 19.6. The summed E-state index contributed by atoms with van der Waals surface area (Å²) in [5.41, 5.74) is -4.26. The van der Waals surface area contributed by atoms with Crippen molar-refractivity contribution in [1.29, 1.82) is 0 Å². The number of nitrogens with zero attached hydrogens (tertiary/aromatic N) is 2. The maximum Gasteiger partial charge on any atom is 0.430 e. The maximum atomic E-state index is 13.5. The smallest absolute Gasteiger partial charge is 0.369 e. The number of alkyl halides is 6. The molecule has 2 aromatic rings. The lowest BCUT2D eigenvalue weighted by Gasteiger charge is -2.43. The summed E-state index contributed by atoms with van der Waals surface area (Å²) in [4.78, 5) is 2.08. The lowest BCUT2D eigenvalue weighted by Crippen LogP contribution is -2.56. The van der Waals surface area contributed by atoms with Gasteiger partial charge in [-0.3, -0.25) is 0 Å². The minimum absolute atomic E-state index is 0.0106. The highest BCUT2D eigenvalue weighted by Crippen LogP contribution is 2.50. The quantitative estimate of drug-likeness (QED) is 0.345. The van der Waals surface area contributed by atoms with Gasteiger partial charge in [-0.1, -0.05) is 66.3 Å². The zero-order valence-electron chi connectivity index (χ0n) is 21.2. The van der Waals surface area contributed by atoms with E-state index in [1.165, 1.54) is 10.4 Å². The Morgan fingerprint density at radius 2 is 1.65 bits per heavy atom. The molecule has 40 heavy (non-hydrogen) atoms. The largest absolute Gasteiger partial charge is 0.430 e. The number of aliphatic hydroxyl groups is 1. The minimum atomic E-state index is -6.00. The van der Waals surface area contributed by atoms with Gasteiger partial charge in [-0.05, 0) is 37.1 Å². The van der Waals surface area contributed by atoms with Gasteiger partial charge in [-0.25, -0.2) is 8.42 Å². The second-order valence-corrected chi connectivity index (χ2v) is 12.1. The molecule has 1 N–H and O–H groups in total. The van der Waals surface area contributed by atoms with Crippen molar-refractivity contribution in [2.45, 2.75) is 43.8 Å².